The standard InChI is InChI=1S/C15H31NO2/c1-2-3-4-5-6-7-8-9-10-11-12-13-14(17)15(16)18/h14,17H,2-13H2,1H3,(H2,16,18). The van der Waals surface area contributed by atoms with Crippen molar-refractivity contribution >= 4 is 5.91 Å². The van der Waals surface area contributed by atoms with Crippen LogP contribution in [0, 0.1) is 0 Å². The van der Waals surface area contributed by atoms with Gasteiger partial charge in [-0.1, -0.05) is 77.6 Å². The summed E-state index contributed by atoms with van der Waals surface area (Å²) < 4.78 is 0. The lowest BCUT2D eigenvalue weighted by Gasteiger charge is -2.05. The molecule has 1 amide bonds. The second-order valence-corrected chi connectivity index (χ2v) is 5.24. The van der Waals surface area contributed by atoms with E-state index in [-0.39, 0.29) is 0 Å². The molecule has 0 saturated carbocycles. The Hall–Kier alpha value is -0.570. The molecular formula is C15H31NO2. The lowest BCUT2D eigenvalue weighted by Crippen LogP contribution is -2.27. The number of aliphatic hydroxyl groups is 1. The largest absolute Gasteiger partial charge is 0.383 e. The maximum atomic E-state index is 10.6. The van der Waals surface area contributed by atoms with Crippen LogP contribution in [0.4, 0.5) is 0 Å². The highest BCUT2D eigenvalue weighted by Gasteiger charge is 2.08. The zero-order valence-corrected chi connectivity index (χ0v) is 12.0. The summed E-state index contributed by atoms with van der Waals surface area (Å²) in [6.45, 7) is 2.25. The number of aliphatic hydroxyl groups excluding tert-OH is 1. The molecule has 18 heavy (non-hydrogen) atoms. The fourth-order valence-corrected chi connectivity index (χ4v) is 2.14. The van der Waals surface area contributed by atoms with Crippen LogP contribution in [-0.4, -0.2) is 17.1 Å². The number of unbranched alkanes of at least 4 members (excludes halogenated alkanes) is 10. The molecule has 0 rings (SSSR count). The first-order valence-corrected chi connectivity index (χ1v) is 7.66. The molecule has 0 heterocycles. The van der Waals surface area contributed by atoms with Crippen molar-refractivity contribution in [2.75, 3.05) is 0 Å². The van der Waals surface area contributed by atoms with Crippen LogP contribution in [0.5, 0.6) is 0 Å². The molecule has 0 spiro atoms. The number of carbonyl (C=O) groups excluding carboxylic acids is 1. The number of hydrogen-bond acceptors (Lipinski definition) is 2. The van der Waals surface area contributed by atoms with Gasteiger partial charge in [0.1, 0.15) is 6.10 Å². The van der Waals surface area contributed by atoms with Gasteiger partial charge in [-0.3, -0.25) is 4.79 Å². The smallest absolute Gasteiger partial charge is 0.246 e. The molecule has 3 N–H and O–H groups in total. The molecule has 3 nitrogen and oxygen atoms in total. The molecule has 0 aliphatic rings. The normalized spacial score (nSPS) is 12.6. The summed E-state index contributed by atoms with van der Waals surface area (Å²) >= 11 is 0. The molecule has 0 radical (unpaired) electrons. The van der Waals surface area contributed by atoms with E-state index >= 15 is 0 Å². The van der Waals surface area contributed by atoms with E-state index in [0.29, 0.717) is 6.42 Å². The van der Waals surface area contributed by atoms with Crippen molar-refractivity contribution in [2.45, 2.75) is 90.1 Å². The molecule has 0 bridgehead atoms. The SMILES string of the molecule is CCCCCCCCCCCCCC(O)C(N)=O. The van der Waals surface area contributed by atoms with Crippen LogP contribution in [0.25, 0.3) is 0 Å². The number of hydrogen-bond donors (Lipinski definition) is 2. The number of nitrogens with two attached hydrogens (primary N) is 1. The molecule has 1 unspecified atom stereocenters. The fourth-order valence-electron chi connectivity index (χ4n) is 2.14. The lowest BCUT2D eigenvalue weighted by atomic mass is 10.0. The highest BCUT2D eigenvalue weighted by molar-refractivity contribution is 5.78. The fraction of sp³-hybridized carbons (Fsp3) is 0.933. The van der Waals surface area contributed by atoms with E-state index in [1.807, 2.05) is 0 Å². The Morgan fingerprint density at radius 1 is 0.889 bits per heavy atom. The molecule has 0 aromatic rings. The Balaban J connectivity index is 3.05. The van der Waals surface area contributed by atoms with E-state index in [9.17, 15) is 9.90 Å². The minimum atomic E-state index is -0.941. The number of carbonyl (C=O) groups is 1. The zero-order valence-electron chi connectivity index (χ0n) is 12.0. The average molecular weight is 257 g/mol. The molecule has 1 atom stereocenters. The molecule has 0 aromatic heterocycles. The Bertz CT molecular complexity index is 195. The maximum Gasteiger partial charge on any atom is 0.246 e. The van der Waals surface area contributed by atoms with Crippen LogP contribution in [0.15, 0.2) is 0 Å². The third-order valence-electron chi connectivity index (χ3n) is 3.41. The van der Waals surface area contributed by atoms with Crippen LogP contribution >= 0.6 is 0 Å². The van der Waals surface area contributed by atoms with Gasteiger partial charge in [0.15, 0.2) is 0 Å². The van der Waals surface area contributed by atoms with Crippen molar-refractivity contribution in [3.8, 4) is 0 Å². The molecular weight excluding hydrogens is 226 g/mol. The first-order valence-electron chi connectivity index (χ1n) is 7.66. The van der Waals surface area contributed by atoms with E-state index < -0.39 is 12.0 Å². The van der Waals surface area contributed by atoms with Crippen LogP contribution in [0.1, 0.15) is 84.0 Å². The van der Waals surface area contributed by atoms with Crippen molar-refractivity contribution in [3.05, 3.63) is 0 Å². The minimum absolute atomic E-state index is 0.520. The number of primary amides is 1. The summed E-state index contributed by atoms with van der Waals surface area (Å²) in [6.07, 6.45) is 13.6. The Labute approximate surface area is 112 Å². The first-order chi connectivity index (χ1) is 8.68. The Morgan fingerprint density at radius 3 is 1.67 bits per heavy atom. The van der Waals surface area contributed by atoms with Crippen molar-refractivity contribution in [2.24, 2.45) is 5.73 Å². The summed E-state index contributed by atoms with van der Waals surface area (Å²) in [5.41, 5.74) is 4.98. The van der Waals surface area contributed by atoms with Crippen molar-refractivity contribution in [3.63, 3.8) is 0 Å². The van der Waals surface area contributed by atoms with Gasteiger partial charge in [0, 0.05) is 0 Å². The summed E-state index contributed by atoms with van der Waals surface area (Å²) in [6, 6.07) is 0. The monoisotopic (exact) mass is 257 g/mol. The predicted octanol–water partition coefficient (Wildman–Crippen LogP) is 3.53. The van der Waals surface area contributed by atoms with Crippen molar-refractivity contribution in [1.29, 1.82) is 0 Å². The summed E-state index contributed by atoms with van der Waals surface area (Å²) in [5.74, 6) is -0.595. The highest BCUT2D eigenvalue weighted by atomic mass is 16.3. The maximum absolute atomic E-state index is 10.6. The average Bonchev–Trinajstić information content (AvgIpc) is 2.35. The summed E-state index contributed by atoms with van der Waals surface area (Å²) in [5, 5.41) is 9.20. The highest BCUT2D eigenvalue weighted by Crippen LogP contribution is 2.12. The summed E-state index contributed by atoms with van der Waals surface area (Å²) in [4.78, 5) is 10.6. The summed E-state index contributed by atoms with van der Waals surface area (Å²) in [7, 11) is 0. The van der Waals surface area contributed by atoms with Gasteiger partial charge in [-0.25, -0.2) is 0 Å². The first kappa shape index (κ1) is 17.4. The predicted molar refractivity (Wildman–Crippen MR) is 76.3 cm³/mol. The zero-order chi connectivity index (χ0) is 13.6. The number of amides is 1. The molecule has 0 fully saturated rings. The molecule has 0 aliphatic heterocycles. The van der Waals surface area contributed by atoms with Gasteiger partial charge >= 0.3 is 0 Å². The topological polar surface area (TPSA) is 63.3 Å². The van der Waals surface area contributed by atoms with Crippen LogP contribution in [0.3, 0.4) is 0 Å². The van der Waals surface area contributed by atoms with Crippen LogP contribution in [0.2, 0.25) is 0 Å². The van der Waals surface area contributed by atoms with Gasteiger partial charge in [0.05, 0.1) is 0 Å². The molecule has 3 heteroatoms. The van der Waals surface area contributed by atoms with Gasteiger partial charge in [-0.2, -0.15) is 0 Å². The molecule has 108 valence electrons. The van der Waals surface area contributed by atoms with Gasteiger partial charge in [0.2, 0.25) is 5.91 Å². The van der Waals surface area contributed by atoms with E-state index in [1.165, 1.54) is 57.8 Å². The van der Waals surface area contributed by atoms with Gasteiger partial charge in [0.25, 0.3) is 0 Å². The molecule has 0 aliphatic carbocycles. The van der Waals surface area contributed by atoms with Gasteiger partial charge < -0.3 is 10.8 Å². The molecule has 0 saturated heterocycles. The number of rotatable bonds is 13. The second-order valence-electron chi connectivity index (χ2n) is 5.24. The molecule has 0 aromatic carbocycles. The van der Waals surface area contributed by atoms with Crippen LogP contribution in [-0.2, 0) is 4.79 Å². The van der Waals surface area contributed by atoms with Crippen molar-refractivity contribution in [1.82, 2.24) is 0 Å². The van der Waals surface area contributed by atoms with E-state index in [0.717, 1.165) is 12.8 Å². The Kier molecular flexibility index (Phi) is 12.5. The lowest BCUT2D eigenvalue weighted by molar-refractivity contribution is -0.126. The second kappa shape index (κ2) is 12.9. The third kappa shape index (κ3) is 11.9. The Morgan fingerprint density at radius 2 is 1.28 bits per heavy atom. The van der Waals surface area contributed by atoms with E-state index in [4.69, 9.17) is 5.73 Å². The van der Waals surface area contributed by atoms with Gasteiger partial charge in [-0.15, -0.1) is 0 Å². The van der Waals surface area contributed by atoms with Gasteiger partial charge in [-0.05, 0) is 6.42 Å². The minimum Gasteiger partial charge on any atom is -0.383 e. The third-order valence-corrected chi connectivity index (χ3v) is 3.41. The van der Waals surface area contributed by atoms with Crippen LogP contribution < -0.4 is 5.73 Å². The van der Waals surface area contributed by atoms with Crippen molar-refractivity contribution < 1.29 is 9.90 Å². The quantitative estimate of drug-likeness (QED) is 0.496. The van der Waals surface area contributed by atoms with E-state index in [1.54, 1.807) is 0 Å². The van der Waals surface area contributed by atoms with E-state index in [2.05, 4.69) is 6.92 Å².